The molecule has 9 nitrogen and oxygen atoms in total. The summed E-state index contributed by atoms with van der Waals surface area (Å²) in [6, 6.07) is 0. The molecule has 4 saturated carbocycles. The van der Waals surface area contributed by atoms with Crippen LogP contribution in [-0.4, -0.2) is 60.9 Å². The molecule has 2 unspecified atom stereocenters. The van der Waals surface area contributed by atoms with Gasteiger partial charge in [-0.1, -0.05) is 20.4 Å². The highest BCUT2D eigenvalue weighted by Crippen LogP contribution is 2.66. The van der Waals surface area contributed by atoms with Crippen molar-refractivity contribution in [2.24, 2.45) is 29.1 Å². The Balaban J connectivity index is 1.71. The quantitative estimate of drug-likeness (QED) is 0.129. The minimum absolute atomic E-state index is 0.0668. The molecule has 14 heteroatoms. The Morgan fingerprint density at radius 3 is 2.08 bits per heavy atom. The number of halogens is 4. The summed E-state index contributed by atoms with van der Waals surface area (Å²) in [4.78, 5) is 37.4. The van der Waals surface area contributed by atoms with Gasteiger partial charge >= 0.3 is 39.2 Å². The molecule has 0 amide bonds. The lowest BCUT2D eigenvalue weighted by Gasteiger charge is -2.64. The molecular formula is C24H32F4O9S. The molecule has 2 atom stereocenters. The molecule has 0 saturated heterocycles. The zero-order valence-corrected chi connectivity index (χ0v) is 22.1. The smallest absolute Gasteiger partial charge is 0.431 e. The molecule has 4 rings (SSSR count). The molecule has 0 radical (unpaired) electrons. The zero-order chi connectivity index (χ0) is 28.9. The van der Waals surface area contributed by atoms with Gasteiger partial charge in [0.2, 0.25) is 0 Å². The third-order valence-corrected chi connectivity index (χ3v) is 9.11. The summed E-state index contributed by atoms with van der Waals surface area (Å²) in [5.41, 5.74) is -1.93. The van der Waals surface area contributed by atoms with E-state index in [1.807, 2.05) is 13.8 Å². The number of hydrogen-bond donors (Lipinski definition) is 1. The predicted octanol–water partition coefficient (Wildman–Crippen LogP) is 3.92. The molecule has 0 aromatic heterocycles. The van der Waals surface area contributed by atoms with Crippen molar-refractivity contribution in [2.45, 2.75) is 76.1 Å². The molecule has 0 aliphatic heterocycles. The molecule has 4 bridgehead atoms. The van der Waals surface area contributed by atoms with E-state index in [9.17, 15) is 40.4 Å². The normalized spacial score (nSPS) is 30.7. The molecular weight excluding hydrogens is 540 g/mol. The number of esters is 3. The Bertz CT molecular complexity index is 1090. The average Bonchev–Trinajstić information content (AvgIpc) is 2.78. The number of rotatable bonds is 11. The lowest BCUT2D eigenvalue weighted by Crippen LogP contribution is -2.66. The van der Waals surface area contributed by atoms with Gasteiger partial charge in [-0.3, -0.25) is 9.35 Å². The summed E-state index contributed by atoms with van der Waals surface area (Å²) < 4.78 is 100. The van der Waals surface area contributed by atoms with Crippen LogP contribution in [0.1, 0.15) is 59.3 Å². The highest BCUT2D eigenvalue weighted by Gasteiger charge is 2.68. The number of carbonyl (C=O) groups excluding carboxylic acids is 3. The Labute approximate surface area is 218 Å². The van der Waals surface area contributed by atoms with Gasteiger partial charge in [0, 0.05) is 17.4 Å². The zero-order valence-electron chi connectivity index (χ0n) is 21.3. The van der Waals surface area contributed by atoms with Crippen molar-refractivity contribution in [1.82, 2.24) is 0 Å². The van der Waals surface area contributed by atoms with E-state index >= 15 is 0 Å². The third kappa shape index (κ3) is 5.17. The average molecular weight is 573 g/mol. The lowest BCUT2D eigenvalue weighted by molar-refractivity contribution is -0.245. The Morgan fingerprint density at radius 2 is 1.61 bits per heavy atom. The number of alkyl halides is 4. The van der Waals surface area contributed by atoms with Crippen molar-refractivity contribution in [2.75, 3.05) is 13.2 Å². The van der Waals surface area contributed by atoms with Gasteiger partial charge in [-0.05, 0) is 50.9 Å². The van der Waals surface area contributed by atoms with Gasteiger partial charge in [0.25, 0.3) is 0 Å². The first-order chi connectivity index (χ1) is 17.3. The monoisotopic (exact) mass is 572 g/mol. The Morgan fingerprint density at radius 1 is 1.05 bits per heavy atom. The predicted molar refractivity (Wildman–Crippen MR) is 122 cm³/mol. The second-order valence-electron chi connectivity index (χ2n) is 11.0. The van der Waals surface area contributed by atoms with Crippen LogP contribution in [0.3, 0.4) is 0 Å². The molecule has 4 aliphatic rings. The van der Waals surface area contributed by atoms with Gasteiger partial charge in [0.1, 0.15) is 5.60 Å². The van der Waals surface area contributed by atoms with Crippen molar-refractivity contribution in [3.05, 3.63) is 12.2 Å². The van der Waals surface area contributed by atoms with Crippen LogP contribution in [0, 0.1) is 29.1 Å². The van der Waals surface area contributed by atoms with Gasteiger partial charge < -0.3 is 14.2 Å². The maximum absolute atomic E-state index is 13.8. The van der Waals surface area contributed by atoms with Gasteiger partial charge in [0.15, 0.2) is 6.61 Å². The molecule has 216 valence electrons. The van der Waals surface area contributed by atoms with Crippen LogP contribution in [0.25, 0.3) is 0 Å². The molecule has 1 N–H and O–H groups in total. The van der Waals surface area contributed by atoms with E-state index in [-0.39, 0.29) is 42.1 Å². The minimum Gasteiger partial charge on any atom is -0.465 e. The summed E-state index contributed by atoms with van der Waals surface area (Å²) in [7, 11) is -6.39. The van der Waals surface area contributed by atoms with E-state index in [0.717, 1.165) is 0 Å². The maximum atomic E-state index is 13.8. The second kappa shape index (κ2) is 10.1. The fourth-order valence-corrected chi connectivity index (χ4v) is 7.19. The first kappa shape index (κ1) is 30.3. The molecule has 4 aliphatic carbocycles. The topological polar surface area (TPSA) is 133 Å². The van der Waals surface area contributed by atoms with Crippen LogP contribution in [0.5, 0.6) is 0 Å². The Kier molecular flexibility index (Phi) is 8.04. The van der Waals surface area contributed by atoms with Crippen molar-refractivity contribution in [1.29, 1.82) is 0 Å². The van der Waals surface area contributed by atoms with Crippen LogP contribution in [0.4, 0.5) is 17.6 Å². The van der Waals surface area contributed by atoms with Crippen molar-refractivity contribution in [3.8, 4) is 0 Å². The van der Waals surface area contributed by atoms with Gasteiger partial charge in [-0.25, -0.2) is 9.59 Å². The van der Waals surface area contributed by atoms with E-state index in [1.54, 1.807) is 0 Å². The summed E-state index contributed by atoms with van der Waals surface area (Å²) in [6.07, 6.45) is 0.298. The third-order valence-electron chi connectivity index (χ3n) is 8.16. The van der Waals surface area contributed by atoms with Crippen molar-refractivity contribution < 1.29 is 59.1 Å². The summed E-state index contributed by atoms with van der Waals surface area (Å²) >= 11 is 0. The highest BCUT2D eigenvalue weighted by atomic mass is 32.2. The van der Waals surface area contributed by atoms with E-state index in [2.05, 4.69) is 6.58 Å². The van der Waals surface area contributed by atoms with E-state index in [0.29, 0.717) is 19.3 Å². The van der Waals surface area contributed by atoms with Crippen LogP contribution in [0.2, 0.25) is 0 Å². The Hall–Kier alpha value is -2.22. The van der Waals surface area contributed by atoms with E-state index in [4.69, 9.17) is 18.8 Å². The fourth-order valence-electron chi connectivity index (χ4n) is 6.71. The van der Waals surface area contributed by atoms with Crippen LogP contribution < -0.4 is 0 Å². The minimum atomic E-state index is -6.39. The lowest BCUT2D eigenvalue weighted by atomic mass is 9.43. The first-order valence-electron chi connectivity index (χ1n) is 12.2. The van der Waals surface area contributed by atoms with Gasteiger partial charge in [0.05, 0.1) is 18.4 Å². The SMILES string of the molecule is C=C(C)C(=O)OCC(=O)OC1(C(C)C)C2CC3CC1CC(C(=O)OCCC(F)(F)C(F)(F)S(=O)(=O)O)(C3)C2. The highest BCUT2D eigenvalue weighted by molar-refractivity contribution is 7.87. The number of carbonyl (C=O) groups is 3. The van der Waals surface area contributed by atoms with Gasteiger partial charge in [-0.2, -0.15) is 26.0 Å². The molecule has 0 aromatic rings. The maximum Gasteiger partial charge on any atom is 0.431 e. The first-order valence-corrected chi connectivity index (χ1v) is 13.7. The summed E-state index contributed by atoms with van der Waals surface area (Å²) in [5, 5.41) is -5.74. The fraction of sp³-hybridized carbons (Fsp3) is 0.792. The van der Waals surface area contributed by atoms with E-state index < -0.39 is 69.9 Å². The molecule has 38 heavy (non-hydrogen) atoms. The van der Waals surface area contributed by atoms with Crippen LogP contribution in [0.15, 0.2) is 12.2 Å². The molecule has 4 fully saturated rings. The molecule has 0 aromatic carbocycles. The number of hydrogen-bond acceptors (Lipinski definition) is 8. The largest absolute Gasteiger partial charge is 0.465 e. The molecule has 0 spiro atoms. The second-order valence-corrected chi connectivity index (χ2v) is 12.5. The van der Waals surface area contributed by atoms with Crippen molar-refractivity contribution >= 4 is 28.0 Å². The van der Waals surface area contributed by atoms with Crippen molar-refractivity contribution in [3.63, 3.8) is 0 Å². The van der Waals surface area contributed by atoms with Crippen LogP contribution in [-0.2, 0) is 38.7 Å². The summed E-state index contributed by atoms with van der Waals surface area (Å²) in [5.74, 6) is -8.20. The van der Waals surface area contributed by atoms with E-state index in [1.165, 1.54) is 6.92 Å². The molecule has 0 heterocycles. The standard InChI is InChI=1S/C24H32F4O9S/c1-13(2)19(30)36-12-18(29)37-23(14(3)4)16-7-15-8-17(23)11-21(9-15,10-16)20(31)35-6-5-22(25,26)24(27,28)38(32,33)34/h14-17H,1,5-12H2,2-4H3,(H,32,33,34). The van der Waals surface area contributed by atoms with Crippen LogP contribution >= 0.6 is 0 Å². The summed E-state index contributed by atoms with van der Waals surface area (Å²) in [6.45, 7) is 6.83. The number of ether oxygens (including phenoxy) is 3. The van der Waals surface area contributed by atoms with Gasteiger partial charge in [-0.15, -0.1) is 0 Å².